The van der Waals surface area contributed by atoms with E-state index in [0.29, 0.717) is 6.04 Å². The Bertz CT molecular complexity index is 554. The molecule has 0 spiro atoms. The summed E-state index contributed by atoms with van der Waals surface area (Å²) in [5, 5.41) is 4.77. The van der Waals surface area contributed by atoms with Crippen LogP contribution in [-0.4, -0.2) is 18.1 Å². The van der Waals surface area contributed by atoms with Crippen molar-refractivity contribution < 1.29 is 4.42 Å². The molecule has 2 atom stereocenters. The maximum Gasteiger partial charge on any atom is 0.134 e. The Labute approximate surface area is 120 Å². The Morgan fingerprint density at radius 3 is 3.11 bits per heavy atom. The van der Waals surface area contributed by atoms with Crippen LogP contribution in [0.4, 0.5) is 0 Å². The zero-order valence-electron chi connectivity index (χ0n) is 10.3. The molecular formula is C14H16BrNOS. The summed E-state index contributed by atoms with van der Waals surface area (Å²) in [5.41, 5.74) is 0.970. The van der Waals surface area contributed by atoms with Gasteiger partial charge in [-0.1, -0.05) is 22.9 Å². The van der Waals surface area contributed by atoms with E-state index in [1.807, 2.05) is 23.9 Å². The van der Waals surface area contributed by atoms with Gasteiger partial charge in [0.2, 0.25) is 0 Å². The molecule has 0 bridgehead atoms. The highest BCUT2D eigenvalue weighted by Crippen LogP contribution is 2.29. The molecule has 18 heavy (non-hydrogen) atoms. The van der Waals surface area contributed by atoms with Crippen molar-refractivity contribution in [2.24, 2.45) is 5.92 Å². The van der Waals surface area contributed by atoms with Crippen LogP contribution in [0.3, 0.4) is 0 Å². The van der Waals surface area contributed by atoms with E-state index in [1.54, 1.807) is 0 Å². The van der Waals surface area contributed by atoms with E-state index >= 15 is 0 Å². The molecule has 1 fully saturated rings. The van der Waals surface area contributed by atoms with Gasteiger partial charge in [-0.3, -0.25) is 0 Å². The van der Waals surface area contributed by atoms with Gasteiger partial charge in [0.05, 0.1) is 6.04 Å². The number of furan rings is 1. The molecule has 2 aromatic rings. The third kappa shape index (κ3) is 2.60. The highest BCUT2D eigenvalue weighted by molar-refractivity contribution is 9.10. The lowest BCUT2D eigenvalue weighted by atomic mass is 10.2. The van der Waals surface area contributed by atoms with Crippen molar-refractivity contribution >= 4 is 38.7 Å². The van der Waals surface area contributed by atoms with Crippen molar-refractivity contribution in [3.63, 3.8) is 0 Å². The summed E-state index contributed by atoms with van der Waals surface area (Å²) < 4.78 is 7.05. The maximum absolute atomic E-state index is 5.96. The number of halogens is 1. The van der Waals surface area contributed by atoms with Gasteiger partial charge < -0.3 is 9.73 Å². The number of benzene rings is 1. The first-order valence-electron chi connectivity index (χ1n) is 6.22. The van der Waals surface area contributed by atoms with Gasteiger partial charge in [-0.25, -0.2) is 0 Å². The van der Waals surface area contributed by atoms with Gasteiger partial charge in [-0.05, 0) is 42.5 Å². The van der Waals surface area contributed by atoms with E-state index < -0.39 is 0 Å². The van der Waals surface area contributed by atoms with Crippen LogP contribution in [0, 0.1) is 5.92 Å². The number of nitrogens with one attached hydrogen (secondary N) is 1. The molecule has 4 heteroatoms. The Hall–Kier alpha value is -0.450. The van der Waals surface area contributed by atoms with E-state index in [4.69, 9.17) is 4.42 Å². The number of thioether (sulfide) groups is 1. The monoisotopic (exact) mass is 325 g/mol. The Morgan fingerprint density at radius 2 is 2.22 bits per heavy atom. The van der Waals surface area contributed by atoms with E-state index in [0.717, 1.165) is 34.0 Å². The molecular weight excluding hydrogens is 310 g/mol. The zero-order chi connectivity index (χ0) is 12.5. The van der Waals surface area contributed by atoms with Crippen LogP contribution in [0.15, 0.2) is 33.2 Å². The first kappa shape index (κ1) is 12.6. The predicted molar refractivity (Wildman–Crippen MR) is 81.1 cm³/mol. The predicted octanol–water partition coefficient (Wildman–Crippen LogP) is 4.21. The third-order valence-electron chi connectivity index (χ3n) is 3.24. The topological polar surface area (TPSA) is 25.2 Å². The van der Waals surface area contributed by atoms with E-state index in [1.165, 1.54) is 11.1 Å². The smallest absolute Gasteiger partial charge is 0.134 e. The number of fused-ring (bicyclic) bond motifs is 1. The third-order valence-corrected chi connectivity index (χ3v) is 5.11. The van der Waals surface area contributed by atoms with Gasteiger partial charge in [0.1, 0.15) is 11.3 Å². The molecule has 96 valence electrons. The van der Waals surface area contributed by atoms with Crippen molar-refractivity contribution in [2.45, 2.75) is 13.0 Å². The second-order valence-electron chi connectivity index (χ2n) is 4.93. The molecule has 1 saturated heterocycles. The molecule has 1 aliphatic heterocycles. The fourth-order valence-corrected chi connectivity index (χ4v) is 3.79. The van der Waals surface area contributed by atoms with Crippen molar-refractivity contribution in [3.05, 3.63) is 34.5 Å². The molecule has 1 N–H and O–H groups in total. The molecule has 3 rings (SSSR count). The molecule has 1 aromatic carbocycles. The largest absolute Gasteiger partial charge is 0.459 e. The standard InChI is InChI=1S/C14H16BrNOS/c1-9-6-16-12(8-18-7-9)14-5-10-4-11(15)2-3-13(10)17-14/h2-5,9,12,16H,6-8H2,1H3. The minimum absolute atomic E-state index is 0.339. The van der Waals surface area contributed by atoms with Crippen molar-refractivity contribution in [3.8, 4) is 0 Å². The van der Waals surface area contributed by atoms with Gasteiger partial charge in [0.25, 0.3) is 0 Å². The van der Waals surface area contributed by atoms with Crippen LogP contribution < -0.4 is 5.32 Å². The second-order valence-corrected chi connectivity index (χ2v) is 6.92. The Kier molecular flexibility index (Phi) is 3.68. The molecule has 0 amide bonds. The lowest BCUT2D eigenvalue weighted by Gasteiger charge is -2.12. The van der Waals surface area contributed by atoms with Crippen LogP contribution >= 0.6 is 27.7 Å². The summed E-state index contributed by atoms with van der Waals surface area (Å²) >= 11 is 5.50. The van der Waals surface area contributed by atoms with Gasteiger partial charge in [-0.2, -0.15) is 11.8 Å². The summed E-state index contributed by atoms with van der Waals surface area (Å²) in [7, 11) is 0. The number of hydrogen-bond acceptors (Lipinski definition) is 3. The quantitative estimate of drug-likeness (QED) is 0.850. The summed E-state index contributed by atoms with van der Waals surface area (Å²) in [5.74, 6) is 4.11. The van der Waals surface area contributed by atoms with E-state index in [-0.39, 0.29) is 0 Å². The molecule has 1 aliphatic rings. The van der Waals surface area contributed by atoms with Gasteiger partial charge in [-0.15, -0.1) is 0 Å². The average molecular weight is 326 g/mol. The number of hydrogen-bond donors (Lipinski definition) is 1. The minimum Gasteiger partial charge on any atom is -0.459 e. The minimum atomic E-state index is 0.339. The zero-order valence-corrected chi connectivity index (χ0v) is 12.7. The van der Waals surface area contributed by atoms with Gasteiger partial charge in [0.15, 0.2) is 0 Å². The van der Waals surface area contributed by atoms with Crippen LogP contribution in [-0.2, 0) is 0 Å². The maximum atomic E-state index is 5.96. The van der Waals surface area contributed by atoms with Crippen LogP contribution in [0.5, 0.6) is 0 Å². The fourth-order valence-electron chi connectivity index (χ4n) is 2.24. The van der Waals surface area contributed by atoms with E-state index in [2.05, 4.69) is 40.3 Å². The fraction of sp³-hybridized carbons (Fsp3) is 0.429. The van der Waals surface area contributed by atoms with Crippen LogP contribution in [0.25, 0.3) is 11.0 Å². The van der Waals surface area contributed by atoms with Crippen LogP contribution in [0.2, 0.25) is 0 Å². The first-order valence-corrected chi connectivity index (χ1v) is 8.17. The van der Waals surface area contributed by atoms with Gasteiger partial charge >= 0.3 is 0 Å². The molecule has 2 heterocycles. The molecule has 2 unspecified atom stereocenters. The highest BCUT2D eigenvalue weighted by atomic mass is 79.9. The summed E-state index contributed by atoms with van der Waals surface area (Å²) in [6.45, 7) is 3.36. The Balaban J connectivity index is 1.89. The summed E-state index contributed by atoms with van der Waals surface area (Å²) in [4.78, 5) is 0. The van der Waals surface area contributed by atoms with Gasteiger partial charge in [0, 0.05) is 15.6 Å². The second kappa shape index (κ2) is 5.27. The SMILES string of the molecule is CC1CNC(c2cc3cc(Br)ccc3o2)CSC1. The molecule has 0 saturated carbocycles. The molecule has 0 radical (unpaired) electrons. The lowest BCUT2D eigenvalue weighted by molar-refractivity contribution is 0.439. The van der Waals surface area contributed by atoms with E-state index in [9.17, 15) is 0 Å². The van der Waals surface area contributed by atoms with Crippen molar-refractivity contribution in [2.75, 3.05) is 18.1 Å². The van der Waals surface area contributed by atoms with Crippen molar-refractivity contribution in [1.82, 2.24) is 5.32 Å². The van der Waals surface area contributed by atoms with Crippen LogP contribution in [0.1, 0.15) is 18.7 Å². The van der Waals surface area contributed by atoms with Crippen molar-refractivity contribution in [1.29, 1.82) is 0 Å². The molecule has 0 aliphatic carbocycles. The highest BCUT2D eigenvalue weighted by Gasteiger charge is 2.20. The summed E-state index contributed by atoms with van der Waals surface area (Å²) in [6, 6.07) is 8.65. The summed E-state index contributed by atoms with van der Waals surface area (Å²) in [6.07, 6.45) is 0. The number of rotatable bonds is 1. The average Bonchev–Trinajstić information content (AvgIpc) is 2.63. The molecule has 1 aromatic heterocycles. The lowest BCUT2D eigenvalue weighted by Crippen LogP contribution is -2.25. The normalized spacial score (nSPS) is 25.2. The molecule has 2 nitrogen and oxygen atoms in total. The first-order chi connectivity index (χ1) is 8.72. The Morgan fingerprint density at radius 1 is 1.33 bits per heavy atom.